The summed E-state index contributed by atoms with van der Waals surface area (Å²) in [6, 6.07) is 3.09. The van der Waals surface area contributed by atoms with Gasteiger partial charge in [0.1, 0.15) is 11.6 Å². The zero-order valence-corrected chi connectivity index (χ0v) is 7.76. The van der Waals surface area contributed by atoms with Crippen molar-refractivity contribution in [3.8, 4) is 0 Å². The molecule has 0 fully saturated rings. The molecule has 0 aliphatic rings. The van der Waals surface area contributed by atoms with E-state index in [0.29, 0.717) is 0 Å². The van der Waals surface area contributed by atoms with Gasteiger partial charge in [-0.1, -0.05) is 6.08 Å². The lowest BCUT2D eigenvalue weighted by atomic mass is 10.1. The van der Waals surface area contributed by atoms with Gasteiger partial charge in [-0.2, -0.15) is 0 Å². The molecule has 74 valence electrons. The number of ketones is 1. The van der Waals surface area contributed by atoms with Crippen LogP contribution in [0.2, 0.25) is 0 Å². The number of rotatable bonds is 3. The summed E-state index contributed by atoms with van der Waals surface area (Å²) in [5, 5.41) is 0. The van der Waals surface area contributed by atoms with Gasteiger partial charge >= 0.3 is 0 Å². The van der Waals surface area contributed by atoms with E-state index in [2.05, 4.69) is 0 Å². The summed E-state index contributed by atoms with van der Waals surface area (Å²) < 4.78 is 25.7. The maximum atomic E-state index is 13.0. The van der Waals surface area contributed by atoms with Crippen molar-refractivity contribution in [1.29, 1.82) is 0 Å². The van der Waals surface area contributed by atoms with Crippen LogP contribution in [-0.2, 0) is 11.2 Å². The first kappa shape index (κ1) is 10.6. The minimum Gasteiger partial charge on any atom is -0.294 e. The molecule has 0 bridgehead atoms. The molecule has 0 unspecified atom stereocenters. The fourth-order valence-electron chi connectivity index (χ4n) is 1.11. The number of carbonyl (C=O) groups excluding carboxylic acids is 1. The molecule has 0 aliphatic heterocycles. The SMILES string of the molecule is C/C=C/C(=O)Cc1cc(F)ccc1F. The van der Waals surface area contributed by atoms with Gasteiger partial charge in [0.05, 0.1) is 0 Å². The van der Waals surface area contributed by atoms with E-state index in [4.69, 9.17) is 0 Å². The smallest absolute Gasteiger partial charge is 0.159 e. The Bertz CT molecular complexity index is 370. The van der Waals surface area contributed by atoms with Crippen LogP contribution in [0, 0.1) is 11.6 Å². The number of allylic oxidation sites excluding steroid dienone is 2. The zero-order chi connectivity index (χ0) is 10.6. The molecular weight excluding hydrogens is 186 g/mol. The van der Waals surface area contributed by atoms with Gasteiger partial charge < -0.3 is 0 Å². The standard InChI is InChI=1S/C11H10F2O/c1-2-3-10(14)7-8-6-9(12)4-5-11(8)13/h2-6H,7H2,1H3/b3-2+. The second-order valence-corrected chi connectivity index (χ2v) is 2.88. The molecular formula is C11H10F2O. The third kappa shape index (κ3) is 2.76. The predicted octanol–water partition coefficient (Wildman–Crippen LogP) is 2.65. The van der Waals surface area contributed by atoms with Crippen LogP contribution in [0.5, 0.6) is 0 Å². The van der Waals surface area contributed by atoms with Gasteiger partial charge in [0.15, 0.2) is 5.78 Å². The fourth-order valence-corrected chi connectivity index (χ4v) is 1.11. The molecule has 14 heavy (non-hydrogen) atoms. The third-order valence-corrected chi connectivity index (χ3v) is 1.73. The van der Waals surface area contributed by atoms with Crippen molar-refractivity contribution in [2.24, 2.45) is 0 Å². The van der Waals surface area contributed by atoms with Gasteiger partial charge in [-0.15, -0.1) is 0 Å². The average Bonchev–Trinajstić information content (AvgIpc) is 2.12. The molecule has 1 aromatic rings. The molecule has 0 aromatic heterocycles. The van der Waals surface area contributed by atoms with Gasteiger partial charge in [0.2, 0.25) is 0 Å². The summed E-state index contributed by atoms with van der Waals surface area (Å²) in [7, 11) is 0. The molecule has 1 aromatic carbocycles. The normalized spacial score (nSPS) is 10.8. The molecule has 3 heteroatoms. The van der Waals surface area contributed by atoms with Crippen LogP contribution in [0.4, 0.5) is 8.78 Å². The monoisotopic (exact) mass is 196 g/mol. The summed E-state index contributed by atoms with van der Waals surface area (Å²) in [6.07, 6.45) is 2.80. The van der Waals surface area contributed by atoms with E-state index < -0.39 is 11.6 Å². The Morgan fingerprint density at radius 2 is 2.14 bits per heavy atom. The van der Waals surface area contributed by atoms with Crippen molar-refractivity contribution in [3.05, 3.63) is 47.5 Å². The largest absolute Gasteiger partial charge is 0.294 e. The first-order valence-electron chi connectivity index (χ1n) is 4.23. The summed E-state index contributed by atoms with van der Waals surface area (Å²) in [6.45, 7) is 1.69. The molecule has 0 saturated heterocycles. The maximum absolute atomic E-state index is 13.0. The topological polar surface area (TPSA) is 17.1 Å². The van der Waals surface area contributed by atoms with Crippen molar-refractivity contribution >= 4 is 5.78 Å². The highest BCUT2D eigenvalue weighted by Crippen LogP contribution is 2.10. The first-order chi connectivity index (χ1) is 6.63. The van der Waals surface area contributed by atoms with Crippen LogP contribution in [0.1, 0.15) is 12.5 Å². The fraction of sp³-hybridized carbons (Fsp3) is 0.182. The molecule has 0 aliphatic carbocycles. The molecule has 0 heterocycles. The van der Waals surface area contributed by atoms with Crippen molar-refractivity contribution in [2.45, 2.75) is 13.3 Å². The molecule has 1 rings (SSSR count). The highest BCUT2D eigenvalue weighted by molar-refractivity contribution is 5.91. The van der Waals surface area contributed by atoms with Gasteiger partial charge in [0.25, 0.3) is 0 Å². The third-order valence-electron chi connectivity index (χ3n) is 1.73. The summed E-state index contributed by atoms with van der Waals surface area (Å²) in [5.74, 6) is -1.32. The lowest BCUT2D eigenvalue weighted by Gasteiger charge is -1.99. The van der Waals surface area contributed by atoms with Gasteiger partial charge in [-0.25, -0.2) is 8.78 Å². The number of halogens is 2. The van der Waals surface area contributed by atoms with Crippen LogP contribution in [0.3, 0.4) is 0 Å². The van der Waals surface area contributed by atoms with Crippen molar-refractivity contribution in [3.63, 3.8) is 0 Å². The molecule has 0 saturated carbocycles. The van der Waals surface area contributed by atoms with E-state index in [1.54, 1.807) is 13.0 Å². The van der Waals surface area contributed by atoms with E-state index >= 15 is 0 Å². The van der Waals surface area contributed by atoms with Gasteiger partial charge in [0, 0.05) is 6.42 Å². The Balaban J connectivity index is 2.85. The molecule has 0 amide bonds. The molecule has 0 radical (unpaired) electrons. The molecule has 0 atom stereocenters. The number of hydrogen-bond acceptors (Lipinski definition) is 1. The Morgan fingerprint density at radius 1 is 1.43 bits per heavy atom. The molecule has 0 spiro atoms. The van der Waals surface area contributed by atoms with E-state index in [0.717, 1.165) is 18.2 Å². The van der Waals surface area contributed by atoms with Gasteiger partial charge in [-0.05, 0) is 36.8 Å². The number of carbonyl (C=O) groups is 1. The van der Waals surface area contributed by atoms with Crippen LogP contribution < -0.4 is 0 Å². The Labute approximate surface area is 81.1 Å². The quantitative estimate of drug-likeness (QED) is 0.679. The lowest BCUT2D eigenvalue weighted by molar-refractivity contribution is -0.114. The van der Waals surface area contributed by atoms with Crippen LogP contribution in [0.25, 0.3) is 0 Å². The van der Waals surface area contributed by atoms with E-state index in [1.807, 2.05) is 0 Å². The summed E-state index contributed by atoms with van der Waals surface area (Å²) in [4.78, 5) is 11.1. The average molecular weight is 196 g/mol. The van der Waals surface area contributed by atoms with Crippen LogP contribution >= 0.6 is 0 Å². The van der Waals surface area contributed by atoms with Crippen molar-refractivity contribution in [1.82, 2.24) is 0 Å². The molecule has 1 nitrogen and oxygen atoms in total. The van der Waals surface area contributed by atoms with E-state index in [-0.39, 0.29) is 17.8 Å². The summed E-state index contributed by atoms with van der Waals surface area (Å²) >= 11 is 0. The van der Waals surface area contributed by atoms with Crippen LogP contribution in [0.15, 0.2) is 30.4 Å². The Morgan fingerprint density at radius 3 is 2.79 bits per heavy atom. The van der Waals surface area contributed by atoms with Gasteiger partial charge in [-0.3, -0.25) is 4.79 Å². The predicted molar refractivity (Wildman–Crippen MR) is 49.9 cm³/mol. The highest BCUT2D eigenvalue weighted by Gasteiger charge is 2.06. The number of benzene rings is 1. The van der Waals surface area contributed by atoms with Crippen molar-refractivity contribution in [2.75, 3.05) is 0 Å². The first-order valence-corrected chi connectivity index (χ1v) is 4.23. The van der Waals surface area contributed by atoms with E-state index in [9.17, 15) is 13.6 Å². The number of hydrogen-bond donors (Lipinski definition) is 0. The van der Waals surface area contributed by atoms with Crippen LogP contribution in [-0.4, -0.2) is 5.78 Å². The lowest BCUT2D eigenvalue weighted by Crippen LogP contribution is -2.01. The summed E-state index contributed by atoms with van der Waals surface area (Å²) in [5.41, 5.74) is 0.0908. The zero-order valence-electron chi connectivity index (χ0n) is 7.76. The minimum atomic E-state index is -0.552. The van der Waals surface area contributed by atoms with Crippen molar-refractivity contribution < 1.29 is 13.6 Å². The maximum Gasteiger partial charge on any atom is 0.159 e. The second kappa shape index (κ2) is 4.65. The Kier molecular flexibility index (Phi) is 3.51. The van der Waals surface area contributed by atoms with E-state index in [1.165, 1.54) is 6.08 Å². The Hall–Kier alpha value is -1.51. The molecule has 0 N–H and O–H groups in total. The minimum absolute atomic E-state index is 0.0908. The second-order valence-electron chi connectivity index (χ2n) is 2.88. The highest BCUT2D eigenvalue weighted by atomic mass is 19.1.